The maximum absolute atomic E-state index is 13.1. The molecule has 2 aromatic carbocycles. The molecule has 4 rings (SSSR count). The van der Waals surface area contributed by atoms with Gasteiger partial charge in [-0.25, -0.2) is 0 Å². The highest BCUT2D eigenvalue weighted by molar-refractivity contribution is 5.99. The van der Waals surface area contributed by atoms with E-state index >= 15 is 0 Å². The Kier molecular flexibility index (Phi) is 6.26. The summed E-state index contributed by atoms with van der Waals surface area (Å²) in [6, 6.07) is 17.3. The first-order valence-corrected chi connectivity index (χ1v) is 10.8. The summed E-state index contributed by atoms with van der Waals surface area (Å²) in [7, 11) is 3.52. The molecule has 1 aromatic heterocycles. The fraction of sp³-hybridized carbons (Fsp3) is 0.360. The molecule has 0 unspecified atom stereocenters. The van der Waals surface area contributed by atoms with Crippen LogP contribution in [-0.4, -0.2) is 29.5 Å². The van der Waals surface area contributed by atoms with Crippen LogP contribution in [0.25, 0.3) is 10.9 Å². The Balaban J connectivity index is 1.44. The molecular weight excluding hydrogens is 390 g/mol. The predicted molar refractivity (Wildman–Crippen MR) is 121 cm³/mol. The quantitative estimate of drug-likeness (QED) is 0.639. The van der Waals surface area contributed by atoms with Gasteiger partial charge >= 0.3 is 0 Å². The Labute approximate surface area is 182 Å². The number of aryl methyl sites for hydroxylation is 1. The summed E-state index contributed by atoms with van der Waals surface area (Å²) in [4.78, 5) is 26.1. The zero-order valence-electron chi connectivity index (χ0n) is 18.1. The molecule has 1 heterocycles. The number of amides is 2. The van der Waals surface area contributed by atoms with Crippen molar-refractivity contribution in [3.05, 3.63) is 65.9 Å². The number of carbonyl (C=O) groups is 2. The van der Waals surface area contributed by atoms with Crippen LogP contribution in [-0.2, 0) is 18.4 Å². The van der Waals surface area contributed by atoms with Crippen LogP contribution in [0, 0.1) is 5.92 Å². The third-order valence-corrected chi connectivity index (χ3v) is 6.25. The fourth-order valence-corrected chi connectivity index (χ4v) is 4.53. The molecule has 1 aliphatic carbocycles. The lowest BCUT2D eigenvalue weighted by atomic mass is 9.83. The molecule has 1 saturated carbocycles. The van der Waals surface area contributed by atoms with Crippen LogP contribution in [0.15, 0.2) is 54.6 Å². The molecule has 2 amide bonds. The van der Waals surface area contributed by atoms with Crippen LogP contribution in [0.5, 0.6) is 5.75 Å². The van der Waals surface area contributed by atoms with Gasteiger partial charge in [0, 0.05) is 36.1 Å². The maximum Gasteiger partial charge on any atom is 0.268 e. The van der Waals surface area contributed by atoms with Crippen molar-refractivity contribution >= 4 is 22.7 Å². The molecule has 162 valence electrons. The van der Waals surface area contributed by atoms with Gasteiger partial charge < -0.3 is 19.9 Å². The summed E-state index contributed by atoms with van der Waals surface area (Å²) < 4.78 is 7.28. The Morgan fingerprint density at radius 2 is 1.81 bits per heavy atom. The third-order valence-electron chi connectivity index (χ3n) is 6.25. The van der Waals surface area contributed by atoms with E-state index in [4.69, 9.17) is 4.74 Å². The summed E-state index contributed by atoms with van der Waals surface area (Å²) >= 11 is 0. The van der Waals surface area contributed by atoms with Crippen LogP contribution >= 0.6 is 0 Å². The number of methoxy groups -OCH3 is 1. The van der Waals surface area contributed by atoms with E-state index in [0.29, 0.717) is 12.2 Å². The first-order chi connectivity index (χ1) is 15.1. The number of carbonyl (C=O) groups excluding carboxylic acids is 2. The number of rotatable bonds is 6. The van der Waals surface area contributed by atoms with Crippen LogP contribution < -0.4 is 15.4 Å². The third kappa shape index (κ3) is 4.43. The summed E-state index contributed by atoms with van der Waals surface area (Å²) in [5, 5.41) is 7.22. The van der Waals surface area contributed by atoms with E-state index < -0.39 is 0 Å². The molecule has 1 fully saturated rings. The molecule has 31 heavy (non-hydrogen) atoms. The molecular formula is C25H29N3O3. The van der Waals surface area contributed by atoms with E-state index in [0.717, 1.165) is 47.9 Å². The molecule has 6 heteroatoms. The van der Waals surface area contributed by atoms with Gasteiger partial charge in [-0.1, -0.05) is 49.2 Å². The van der Waals surface area contributed by atoms with Gasteiger partial charge in [0.15, 0.2) is 0 Å². The van der Waals surface area contributed by atoms with Crippen molar-refractivity contribution in [2.75, 3.05) is 7.11 Å². The first kappa shape index (κ1) is 21.0. The summed E-state index contributed by atoms with van der Waals surface area (Å²) in [5.41, 5.74) is 2.56. The Morgan fingerprint density at radius 1 is 1.06 bits per heavy atom. The van der Waals surface area contributed by atoms with Gasteiger partial charge in [-0.05, 0) is 31.0 Å². The topological polar surface area (TPSA) is 72.4 Å². The lowest BCUT2D eigenvalue weighted by Gasteiger charge is -2.31. The normalized spacial score (nSPS) is 18.5. The number of hydrogen-bond donors (Lipinski definition) is 2. The number of ether oxygens (including phenoxy) is 1. The number of aromatic nitrogens is 1. The van der Waals surface area contributed by atoms with Crippen LogP contribution in [0.1, 0.15) is 41.7 Å². The average molecular weight is 420 g/mol. The number of nitrogens with one attached hydrogen (secondary N) is 2. The zero-order valence-corrected chi connectivity index (χ0v) is 18.1. The number of nitrogens with zero attached hydrogens (tertiary/aromatic N) is 1. The van der Waals surface area contributed by atoms with E-state index in [-0.39, 0.29) is 23.8 Å². The van der Waals surface area contributed by atoms with E-state index in [1.54, 1.807) is 7.11 Å². The van der Waals surface area contributed by atoms with Crippen molar-refractivity contribution in [1.82, 2.24) is 15.2 Å². The van der Waals surface area contributed by atoms with Crippen LogP contribution in [0.4, 0.5) is 0 Å². The Hall–Kier alpha value is -3.28. The van der Waals surface area contributed by atoms with Gasteiger partial charge in [0.1, 0.15) is 11.4 Å². The second-order valence-electron chi connectivity index (χ2n) is 8.15. The SMILES string of the molecule is COc1ccccc1CNC(=O)[C@@H]1CCCC[C@@H]1NC(=O)c1cc2ccccc2n1C. The Bertz CT molecular complexity index is 1090. The predicted octanol–water partition coefficient (Wildman–Crippen LogP) is 3.79. The monoisotopic (exact) mass is 419 g/mol. The lowest BCUT2D eigenvalue weighted by molar-refractivity contribution is -0.126. The second-order valence-corrected chi connectivity index (χ2v) is 8.15. The van der Waals surface area contributed by atoms with Gasteiger partial charge in [0.2, 0.25) is 5.91 Å². The highest BCUT2D eigenvalue weighted by Crippen LogP contribution is 2.26. The summed E-state index contributed by atoms with van der Waals surface area (Å²) in [5.74, 6) is 0.371. The van der Waals surface area contributed by atoms with Crippen molar-refractivity contribution in [2.24, 2.45) is 13.0 Å². The Morgan fingerprint density at radius 3 is 2.61 bits per heavy atom. The molecule has 0 saturated heterocycles. The second kappa shape index (κ2) is 9.25. The molecule has 2 N–H and O–H groups in total. The maximum atomic E-state index is 13.1. The minimum Gasteiger partial charge on any atom is -0.496 e. The van der Waals surface area contributed by atoms with Gasteiger partial charge in [-0.15, -0.1) is 0 Å². The molecule has 3 aromatic rings. The molecule has 0 radical (unpaired) electrons. The summed E-state index contributed by atoms with van der Waals surface area (Å²) in [6.45, 7) is 0.406. The highest BCUT2D eigenvalue weighted by Gasteiger charge is 2.32. The number of fused-ring (bicyclic) bond motifs is 1. The van der Waals surface area contributed by atoms with Gasteiger partial charge in [-0.2, -0.15) is 0 Å². The van der Waals surface area contributed by atoms with Gasteiger partial charge in [-0.3, -0.25) is 9.59 Å². The lowest BCUT2D eigenvalue weighted by Crippen LogP contribution is -2.48. The standard InChI is InChI=1S/C25H29N3O3/c1-28-21-13-7-3-9-17(21)15-22(28)25(30)27-20-12-6-5-11-19(20)24(29)26-16-18-10-4-8-14-23(18)31-2/h3-4,7-10,13-15,19-20H,5-6,11-12,16H2,1-2H3,(H,26,29)(H,27,30)/t19-,20+/m1/s1. The van der Waals surface area contributed by atoms with Crippen LogP contribution in [0.2, 0.25) is 0 Å². The number of hydrogen-bond acceptors (Lipinski definition) is 3. The molecule has 0 spiro atoms. The fourth-order valence-electron chi connectivity index (χ4n) is 4.53. The zero-order chi connectivity index (χ0) is 21.8. The molecule has 0 bridgehead atoms. The van der Waals surface area contributed by atoms with Crippen molar-refractivity contribution in [3.8, 4) is 5.75 Å². The average Bonchev–Trinajstić information content (AvgIpc) is 3.15. The molecule has 6 nitrogen and oxygen atoms in total. The smallest absolute Gasteiger partial charge is 0.268 e. The van der Waals surface area contributed by atoms with E-state index in [9.17, 15) is 9.59 Å². The minimum absolute atomic E-state index is 0.0204. The van der Waals surface area contributed by atoms with Crippen LogP contribution in [0.3, 0.4) is 0 Å². The van der Waals surface area contributed by atoms with Gasteiger partial charge in [0.05, 0.1) is 13.0 Å². The largest absolute Gasteiger partial charge is 0.496 e. The van der Waals surface area contributed by atoms with E-state index in [1.165, 1.54) is 0 Å². The highest BCUT2D eigenvalue weighted by atomic mass is 16.5. The number of para-hydroxylation sites is 2. The minimum atomic E-state index is -0.234. The number of benzene rings is 2. The first-order valence-electron chi connectivity index (χ1n) is 10.8. The molecule has 2 atom stereocenters. The van der Waals surface area contributed by atoms with E-state index in [1.807, 2.05) is 66.2 Å². The summed E-state index contributed by atoms with van der Waals surface area (Å²) in [6.07, 6.45) is 3.59. The van der Waals surface area contributed by atoms with E-state index in [2.05, 4.69) is 10.6 Å². The van der Waals surface area contributed by atoms with Crippen molar-refractivity contribution in [1.29, 1.82) is 0 Å². The van der Waals surface area contributed by atoms with Gasteiger partial charge in [0.25, 0.3) is 5.91 Å². The molecule has 1 aliphatic rings. The van der Waals surface area contributed by atoms with Crippen molar-refractivity contribution in [2.45, 2.75) is 38.3 Å². The molecule has 0 aliphatic heterocycles. The van der Waals surface area contributed by atoms with Crippen molar-refractivity contribution in [3.63, 3.8) is 0 Å². The van der Waals surface area contributed by atoms with Crippen molar-refractivity contribution < 1.29 is 14.3 Å².